The Morgan fingerprint density at radius 3 is 2.43 bits per heavy atom. The lowest BCUT2D eigenvalue weighted by Gasteiger charge is -2.39. The second-order valence-corrected chi connectivity index (χ2v) is 6.35. The third-order valence-corrected chi connectivity index (χ3v) is 4.98. The summed E-state index contributed by atoms with van der Waals surface area (Å²) in [5, 5.41) is 38.1. The van der Waals surface area contributed by atoms with Crippen molar-refractivity contribution in [2.75, 3.05) is 12.9 Å². The van der Waals surface area contributed by atoms with Gasteiger partial charge in [0.25, 0.3) is 0 Å². The van der Waals surface area contributed by atoms with Gasteiger partial charge in [-0.25, -0.2) is 0 Å². The molecule has 0 bridgehead atoms. The predicted molar refractivity (Wildman–Crippen MR) is 83.0 cm³/mol. The Morgan fingerprint density at radius 1 is 1.22 bits per heavy atom. The van der Waals surface area contributed by atoms with E-state index in [-0.39, 0.29) is 5.75 Å². The standard InChI is InChI=1S/C15H20O7S/c1-21-15-12(18)11(17)10(16)9(22-15)7-23-13(14(19)20)8-5-3-2-4-6-8/h2-6,9-13,15-18H,7H2,1H3,(H,19,20). The third-order valence-electron chi connectivity index (χ3n) is 3.65. The number of hydrogen-bond acceptors (Lipinski definition) is 7. The van der Waals surface area contributed by atoms with Gasteiger partial charge in [0.05, 0.1) is 6.10 Å². The van der Waals surface area contributed by atoms with Gasteiger partial charge in [0, 0.05) is 12.9 Å². The predicted octanol–water partition coefficient (Wildman–Crippen LogP) is -0.000500. The zero-order valence-corrected chi connectivity index (χ0v) is 13.3. The minimum atomic E-state index is -1.42. The first-order valence-electron chi connectivity index (χ1n) is 7.07. The fourth-order valence-electron chi connectivity index (χ4n) is 2.38. The highest BCUT2D eigenvalue weighted by atomic mass is 32.2. The Balaban J connectivity index is 2.04. The van der Waals surface area contributed by atoms with E-state index in [2.05, 4.69) is 0 Å². The quantitative estimate of drug-likeness (QED) is 0.570. The number of aliphatic hydroxyl groups is 3. The molecule has 8 heteroatoms. The van der Waals surface area contributed by atoms with E-state index in [9.17, 15) is 25.2 Å². The van der Waals surface area contributed by atoms with Gasteiger partial charge >= 0.3 is 5.97 Å². The monoisotopic (exact) mass is 344 g/mol. The number of rotatable bonds is 6. The van der Waals surface area contributed by atoms with Crippen molar-refractivity contribution in [2.45, 2.75) is 36.0 Å². The molecule has 0 spiro atoms. The molecule has 1 aliphatic heterocycles. The molecule has 0 aromatic heterocycles. The Hall–Kier alpha value is -1.16. The molecule has 1 aromatic carbocycles. The SMILES string of the molecule is COC1OC(CSC(C(=O)O)c2ccccc2)C(O)C(O)C1O. The number of aliphatic hydroxyl groups excluding tert-OH is 3. The van der Waals surface area contributed by atoms with Crippen LogP contribution in [0.15, 0.2) is 30.3 Å². The second-order valence-electron chi connectivity index (χ2n) is 5.21. The maximum absolute atomic E-state index is 11.5. The van der Waals surface area contributed by atoms with Crippen molar-refractivity contribution < 1.29 is 34.7 Å². The number of benzene rings is 1. The number of thioether (sulfide) groups is 1. The zero-order chi connectivity index (χ0) is 17.0. The molecule has 1 aliphatic rings. The summed E-state index contributed by atoms with van der Waals surface area (Å²) in [4.78, 5) is 11.5. The Morgan fingerprint density at radius 2 is 1.87 bits per heavy atom. The lowest BCUT2D eigenvalue weighted by molar-refractivity contribution is -0.284. The smallest absolute Gasteiger partial charge is 0.321 e. The molecule has 1 aromatic rings. The van der Waals surface area contributed by atoms with Crippen molar-refractivity contribution in [1.29, 1.82) is 0 Å². The zero-order valence-electron chi connectivity index (χ0n) is 12.5. The number of carboxylic acids is 1. The minimum absolute atomic E-state index is 0.122. The van der Waals surface area contributed by atoms with Crippen LogP contribution in [-0.2, 0) is 14.3 Å². The van der Waals surface area contributed by atoms with Gasteiger partial charge in [-0.05, 0) is 5.56 Å². The molecule has 0 radical (unpaired) electrons. The topological polar surface area (TPSA) is 116 Å². The number of carboxylic acid groups (broad SMARTS) is 1. The molecule has 4 N–H and O–H groups in total. The molecule has 6 atom stereocenters. The lowest BCUT2D eigenvalue weighted by atomic mass is 10.00. The summed E-state index contributed by atoms with van der Waals surface area (Å²) >= 11 is 1.08. The second kappa shape index (κ2) is 8.09. The van der Waals surface area contributed by atoms with E-state index < -0.39 is 41.9 Å². The average molecular weight is 344 g/mol. The molecule has 0 aliphatic carbocycles. The maximum Gasteiger partial charge on any atom is 0.321 e. The van der Waals surface area contributed by atoms with Crippen LogP contribution in [0.25, 0.3) is 0 Å². The first kappa shape index (κ1) is 18.2. The van der Waals surface area contributed by atoms with Crippen LogP contribution >= 0.6 is 11.8 Å². The highest BCUT2D eigenvalue weighted by molar-refractivity contribution is 8.00. The van der Waals surface area contributed by atoms with Crippen molar-refractivity contribution >= 4 is 17.7 Å². The minimum Gasteiger partial charge on any atom is -0.480 e. The van der Waals surface area contributed by atoms with Gasteiger partial charge in [0.2, 0.25) is 0 Å². The van der Waals surface area contributed by atoms with Gasteiger partial charge in [-0.3, -0.25) is 4.79 Å². The van der Waals surface area contributed by atoms with Crippen LogP contribution in [-0.4, -0.2) is 70.0 Å². The summed E-state index contributed by atoms with van der Waals surface area (Å²) in [5.41, 5.74) is 0.624. The fourth-order valence-corrected chi connectivity index (χ4v) is 3.53. The lowest BCUT2D eigenvalue weighted by Crippen LogP contribution is -2.58. The molecule has 6 unspecified atom stereocenters. The normalized spacial score (nSPS) is 32.4. The van der Waals surface area contributed by atoms with Crippen LogP contribution < -0.4 is 0 Å². The summed E-state index contributed by atoms with van der Waals surface area (Å²) in [5.74, 6) is -0.883. The van der Waals surface area contributed by atoms with E-state index in [1.54, 1.807) is 30.3 Å². The Labute approximate surface area is 137 Å². The maximum atomic E-state index is 11.5. The molecule has 128 valence electrons. The Bertz CT molecular complexity index is 510. The first-order valence-corrected chi connectivity index (χ1v) is 8.12. The molecular formula is C15H20O7S. The van der Waals surface area contributed by atoms with Crippen LogP contribution in [0, 0.1) is 0 Å². The molecular weight excluding hydrogens is 324 g/mol. The van der Waals surface area contributed by atoms with E-state index >= 15 is 0 Å². The van der Waals surface area contributed by atoms with E-state index in [4.69, 9.17) is 9.47 Å². The van der Waals surface area contributed by atoms with Gasteiger partial charge in [-0.2, -0.15) is 0 Å². The van der Waals surface area contributed by atoms with Crippen LogP contribution in [0.2, 0.25) is 0 Å². The van der Waals surface area contributed by atoms with Gasteiger partial charge in [-0.15, -0.1) is 11.8 Å². The number of carbonyl (C=O) groups is 1. The van der Waals surface area contributed by atoms with Crippen LogP contribution in [0.5, 0.6) is 0 Å². The van der Waals surface area contributed by atoms with E-state index in [0.29, 0.717) is 5.56 Å². The highest BCUT2D eigenvalue weighted by Gasteiger charge is 2.44. The number of ether oxygens (including phenoxy) is 2. The largest absolute Gasteiger partial charge is 0.480 e. The summed E-state index contributed by atoms with van der Waals surface area (Å²) in [7, 11) is 1.31. The molecule has 1 saturated heterocycles. The van der Waals surface area contributed by atoms with Crippen LogP contribution in [0.3, 0.4) is 0 Å². The highest BCUT2D eigenvalue weighted by Crippen LogP contribution is 2.32. The van der Waals surface area contributed by atoms with Crippen molar-refractivity contribution in [3.05, 3.63) is 35.9 Å². The van der Waals surface area contributed by atoms with Gasteiger partial charge in [0.15, 0.2) is 6.29 Å². The van der Waals surface area contributed by atoms with Crippen LogP contribution in [0.4, 0.5) is 0 Å². The van der Waals surface area contributed by atoms with Crippen molar-refractivity contribution in [1.82, 2.24) is 0 Å². The van der Waals surface area contributed by atoms with Crippen molar-refractivity contribution in [3.63, 3.8) is 0 Å². The molecule has 23 heavy (non-hydrogen) atoms. The Kier molecular flexibility index (Phi) is 6.40. The van der Waals surface area contributed by atoms with Crippen LogP contribution in [0.1, 0.15) is 10.8 Å². The fraction of sp³-hybridized carbons (Fsp3) is 0.533. The van der Waals surface area contributed by atoms with Gasteiger partial charge in [0.1, 0.15) is 23.6 Å². The van der Waals surface area contributed by atoms with E-state index in [1.807, 2.05) is 0 Å². The molecule has 7 nitrogen and oxygen atoms in total. The van der Waals surface area contributed by atoms with Crippen molar-refractivity contribution in [2.24, 2.45) is 0 Å². The summed E-state index contributed by atoms with van der Waals surface area (Å²) in [6, 6.07) is 8.71. The molecule has 0 amide bonds. The number of hydrogen-bond donors (Lipinski definition) is 4. The van der Waals surface area contributed by atoms with Gasteiger partial charge < -0.3 is 29.9 Å². The molecule has 2 rings (SSSR count). The third kappa shape index (κ3) is 4.23. The summed E-state index contributed by atoms with van der Waals surface area (Å²) in [6.45, 7) is 0. The first-order chi connectivity index (χ1) is 11.0. The summed E-state index contributed by atoms with van der Waals surface area (Å²) < 4.78 is 10.3. The molecule has 1 heterocycles. The molecule has 0 saturated carbocycles. The van der Waals surface area contributed by atoms with Crippen molar-refractivity contribution in [3.8, 4) is 0 Å². The van der Waals surface area contributed by atoms with Gasteiger partial charge in [-0.1, -0.05) is 30.3 Å². The number of methoxy groups -OCH3 is 1. The average Bonchev–Trinajstić information content (AvgIpc) is 2.55. The van der Waals surface area contributed by atoms with E-state index in [1.165, 1.54) is 7.11 Å². The molecule has 1 fully saturated rings. The number of aliphatic carboxylic acids is 1. The summed E-state index contributed by atoms with van der Waals surface area (Å²) in [6.07, 6.45) is -6.03. The van der Waals surface area contributed by atoms with E-state index in [0.717, 1.165) is 11.8 Å².